The highest BCUT2D eigenvalue weighted by molar-refractivity contribution is 5.93. The molecular weight excluding hydrogens is 250 g/mol. The summed E-state index contributed by atoms with van der Waals surface area (Å²) in [6.07, 6.45) is 6.32. The van der Waals surface area contributed by atoms with E-state index in [-0.39, 0.29) is 0 Å². The maximum atomic E-state index is 11.0. The van der Waals surface area contributed by atoms with Crippen molar-refractivity contribution in [2.24, 2.45) is 5.73 Å². The summed E-state index contributed by atoms with van der Waals surface area (Å²) in [6.45, 7) is 2.19. The first-order valence-corrected chi connectivity index (χ1v) is 6.93. The number of nitrogens with two attached hydrogens (primary N) is 1. The van der Waals surface area contributed by atoms with Crippen molar-refractivity contribution < 1.29 is 4.79 Å². The van der Waals surface area contributed by atoms with Gasteiger partial charge in [0, 0.05) is 23.0 Å². The molecule has 0 spiro atoms. The molecule has 0 aliphatic heterocycles. The molecule has 2 rings (SSSR count). The second kappa shape index (κ2) is 6.80. The summed E-state index contributed by atoms with van der Waals surface area (Å²) in [4.78, 5) is 19.9. The molecule has 1 amide bonds. The minimum atomic E-state index is -0.425. The van der Waals surface area contributed by atoms with Crippen molar-refractivity contribution in [2.45, 2.75) is 32.6 Å². The van der Waals surface area contributed by atoms with Crippen molar-refractivity contribution in [3.63, 3.8) is 0 Å². The number of primary amides is 1. The normalized spacial score (nSPS) is 10.4. The van der Waals surface area contributed by atoms with Crippen LogP contribution in [0.2, 0.25) is 0 Å². The molecule has 1 heterocycles. The van der Waals surface area contributed by atoms with Gasteiger partial charge in [0.15, 0.2) is 5.82 Å². The monoisotopic (exact) mass is 269 g/mol. The summed E-state index contributed by atoms with van der Waals surface area (Å²) in [5.74, 6) is 0.265. The van der Waals surface area contributed by atoms with E-state index in [1.165, 1.54) is 12.8 Å². The summed E-state index contributed by atoms with van der Waals surface area (Å²) >= 11 is 0. The van der Waals surface area contributed by atoms with Crippen LogP contribution in [0.15, 0.2) is 36.5 Å². The Bertz CT molecular complexity index is 579. The van der Waals surface area contributed by atoms with Gasteiger partial charge >= 0.3 is 0 Å². The van der Waals surface area contributed by atoms with Crippen molar-refractivity contribution in [3.8, 4) is 11.4 Å². The van der Waals surface area contributed by atoms with E-state index in [0.717, 1.165) is 24.1 Å². The van der Waals surface area contributed by atoms with Gasteiger partial charge < -0.3 is 5.73 Å². The van der Waals surface area contributed by atoms with Gasteiger partial charge in [-0.05, 0) is 31.0 Å². The topological polar surface area (TPSA) is 68.9 Å². The molecule has 0 saturated heterocycles. The van der Waals surface area contributed by atoms with Crippen LogP contribution in [-0.4, -0.2) is 15.9 Å². The summed E-state index contributed by atoms with van der Waals surface area (Å²) in [5, 5.41) is 0. The number of hydrogen-bond acceptors (Lipinski definition) is 3. The molecule has 1 aromatic carbocycles. The Morgan fingerprint density at radius 1 is 1.15 bits per heavy atom. The highest BCUT2D eigenvalue weighted by Gasteiger charge is 2.05. The van der Waals surface area contributed by atoms with Crippen LogP contribution in [0.1, 0.15) is 42.2 Å². The van der Waals surface area contributed by atoms with E-state index in [0.29, 0.717) is 11.4 Å². The predicted octanol–water partition coefficient (Wildman–Crippen LogP) is 2.98. The fourth-order valence-corrected chi connectivity index (χ4v) is 2.01. The van der Waals surface area contributed by atoms with E-state index in [2.05, 4.69) is 16.9 Å². The molecule has 0 aliphatic rings. The number of nitrogens with zero attached hydrogens (tertiary/aromatic N) is 2. The van der Waals surface area contributed by atoms with Crippen LogP contribution in [0, 0.1) is 0 Å². The number of rotatable bonds is 6. The number of unbranched alkanes of at least 4 members (excludes halogenated alkanes) is 2. The first-order chi connectivity index (χ1) is 9.70. The molecule has 0 aliphatic carbocycles. The zero-order valence-electron chi connectivity index (χ0n) is 11.7. The van der Waals surface area contributed by atoms with Gasteiger partial charge in [0.1, 0.15) is 0 Å². The second-order valence-corrected chi connectivity index (χ2v) is 4.77. The van der Waals surface area contributed by atoms with Crippen LogP contribution < -0.4 is 5.73 Å². The minimum absolute atomic E-state index is 0.425. The second-order valence-electron chi connectivity index (χ2n) is 4.77. The summed E-state index contributed by atoms with van der Waals surface area (Å²) in [5.41, 5.74) is 7.67. The third-order valence-corrected chi connectivity index (χ3v) is 3.18. The van der Waals surface area contributed by atoms with Crippen LogP contribution in [0.5, 0.6) is 0 Å². The Hall–Kier alpha value is -2.23. The Balaban J connectivity index is 2.15. The van der Waals surface area contributed by atoms with Crippen LogP contribution in [0.25, 0.3) is 11.4 Å². The molecule has 0 radical (unpaired) electrons. The maximum absolute atomic E-state index is 11.0. The SMILES string of the molecule is CCCCCc1ccnc(-c2ccc(C(N)=O)cc2)n1. The average molecular weight is 269 g/mol. The maximum Gasteiger partial charge on any atom is 0.248 e. The van der Waals surface area contributed by atoms with Crippen LogP contribution in [0.4, 0.5) is 0 Å². The lowest BCUT2D eigenvalue weighted by Crippen LogP contribution is -2.10. The number of benzene rings is 1. The smallest absolute Gasteiger partial charge is 0.248 e. The molecule has 0 bridgehead atoms. The van der Waals surface area contributed by atoms with Gasteiger partial charge in [0.25, 0.3) is 0 Å². The van der Waals surface area contributed by atoms with Gasteiger partial charge in [0.2, 0.25) is 5.91 Å². The van der Waals surface area contributed by atoms with E-state index in [1.54, 1.807) is 18.3 Å². The third-order valence-electron chi connectivity index (χ3n) is 3.18. The van der Waals surface area contributed by atoms with Crippen molar-refractivity contribution >= 4 is 5.91 Å². The molecule has 0 atom stereocenters. The molecule has 0 fully saturated rings. The first-order valence-electron chi connectivity index (χ1n) is 6.93. The summed E-state index contributed by atoms with van der Waals surface area (Å²) in [6, 6.07) is 9.00. The van der Waals surface area contributed by atoms with Gasteiger partial charge in [-0.1, -0.05) is 31.9 Å². The molecule has 1 aromatic heterocycles. The van der Waals surface area contributed by atoms with Crippen LogP contribution in [0.3, 0.4) is 0 Å². The standard InChI is InChI=1S/C16H19N3O/c1-2-3-4-5-14-10-11-18-16(19-14)13-8-6-12(7-9-13)15(17)20/h6-11H,2-5H2,1H3,(H2,17,20). The van der Waals surface area contributed by atoms with Crippen LogP contribution >= 0.6 is 0 Å². The Labute approximate surface area is 119 Å². The van der Waals surface area contributed by atoms with E-state index in [1.807, 2.05) is 18.2 Å². The van der Waals surface area contributed by atoms with Crippen molar-refractivity contribution in [1.29, 1.82) is 0 Å². The zero-order valence-corrected chi connectivity index (χ0v) is 11.7. The molecule has 104 valence electrons. The highest BCUT2D eigenvalue weighted by atomic mass is 16.1. The van der Waals surface area contributed by atoms with Gasteiger partial charge in [-0.2, -0.15) is 0 Å². The number of carbonyl (C=O) groups excluding carboxylic acids is 1. The lowest BCUT2D eigenvalue weighted by Gasteiger charge is -2.04. The first kappa shape index (κ1) is 14.2. The number of aryl methyl sites for hydroxylation is 1. The van der Waals surface area contributed by atoms with E-state index in [4.69, 9.17) is 5.73 Å². The number of carbonyl (C=O) groups is 1. The molecule has 0 saturated carbocycles. The Morgan fingerprint density at radius 2 is 1.90 bits per heavy atom. The fourth-order valence-electron chi connectivity index (χ4n) is 2.01. The molecule has 2 N–H and O–H groups in total. The van der Waals surface area contributed by atoms with Gasteiger partial charge in [0.05, 0.1) is 0 Å². The molecule has 2 aromatic rings. The van der Waals surface area contributed by atoms with Crippen LogP contribution in [-0.2, 0) is 6.42 Å². The lowest BCUT2D eigenvalue weighted by atomic mass is 10.1. The minimum Gasteiger partial charge on any atom is -0.366 e. The van der Waals surface area contributed by atoms with Crippen molar-refractivity contribution in [2.75, 3.05) is 0 Å². The van der Waals surface area contributed by atoms with E-state index >= 15 is 0 Å². The zero-order chi connectivity index (χ0) is 14.4. The Kier molecular flexibility index (Phi) is 4.82. The molecule has 4 nitrogen and oxygen atoms in total. The highest BCUT2D eigenvalue weighted by Crippen LogP contribution is 2.16. The molecule has 20 heavy (non-hydrogen) atoms. The molecular formula is C16H19N3O. The summed E-state index contributed by atoms with van der Waals surface area (Å²) < 4.78 is 0. The van der Waals surface area contributed by atoms with Gasteiger partial charge in [-0.3, -0.25) is 4.79 Å². The number of aromatic nitrogens is 2. The molecule has 4 heteroatoms. The van der Waals surface area contributed by atoms with E-state index in [9.17, 15) is 4.79 Å². The third kappa shape index (κ3) is 3.63. The predicted molar refractivity (Wildman–Crippen MR) is 79.2 cm³/mol. The quantitative estimate of drug-likeness (QED) is 0.820. The Morgan fingerprint density at radius 3 is 2.55 bits per heavy atom. The number of amides is 1. The number of hydrogen-bond donors (Lipinski definition) is 1. The van der Waals surface area contributed by atoms with Gasteiger partial charge in [-0.25, -0.2) is 9.97 Å². The van der Waals surface area contributed by atoms with E-state index < -0.39 is 5.91 Å². The van der Waals surface area contributed by atoms with Crippen molar-refractivity contribution in [3.05, 3.63) is 47.8 Å². The molecule has 0 unspecified atom stereocenters. The summed E-state index contributed by atoms with van der Waals surface area (Å²) in [7, 11) is 0. The van der Waals surface area contributed by atoms with Gasteiger partial charge in [-0.15, -0.1) is 0 Å². The van der Waals surface area contributed by atoms with Crippen molar-refractivity contribution in [1.82, 2.24) is 9.97 Å². The largest absolute Gasteiger partial charge is 0.366 e. The lowest BCUT2D eigenvalue weighted by molar-refractivity contribution is 0.100. The average Bonchev–Trinajstić information content (AvgIpc) is 2.48. The fraction of sp³-hybridized carbons (Fsp3) is 0.312.